The summed E-state index contributed by atoms with van der Waals surface area (Å²) in [4.78, 5) is 18.0. The Kier molecular flexibility index (Phi) is 6.05. The highest BCUT2D eigenvalue weighted by Gasteiger charge is 2.34. The number of nitrogens with zero attached hydrogens (tertiary/aromatic N) is 2. The van der Waals surface area contributed by atoms with Crippen LogP contribution in [0.5, 0.6) is 0 Å². The van der Waals surface area contributed by atoms with Gasteiger partial charge < -0.3 is 20.7 Å². The van der Waals surface area contributed by atoms with Crippen molar-refractivity contribution >= 4 is 12.1 Å². The van der Waals surface area contributed by atoms with Crippen molar-refractivity contribution in [3.05, 3.63) is 12.2 Å². The molecule has 6 heteroatoms. The molecule has 1 saturated carbocycles. The first-order valence-corrected chi connectivity index (χ1v) is 7.37. The Morgan fingerprint density at radius 3 is 2.57 bits per heavy atom. The van der Waals surface area contributed by atoms with E-state index in [2.05, 4.69) is 16.9 Å². The average molecular weight is 296 g/mol. The van der Waals surface area contributed by atoms with Gasteiger partial charge in [-0.2, -0.15) is 0 Å². The number of amides is 1. The van der Waals surface area contributed by atoms with E-state index >= 15 is 0 Å². The Hall–Kier alpha value is -1.72. The van der Waals surface area contributed by atoms with Gasteiger partial charge in [0.15, 0.2) is 5.96 Å². The van der Waals surface area contributed by atoms with Gasteiger partial charge in [-0.15, -0.1) is 0 Å². The van der Waals surface area contributed by atoms with Crippen LogP contribution in [0.1, 0.15) is 40.5 Å². The number of nitrogens with one attached hydrogen (secondary N) is 1. The summed E-state index contributed by atoms with van der Waals surface area (Å²) < 4.78 is 5.42. The molecule has 21 heavy (non-hydrogen) atoms. The Morgan fingerprint density at radius 2 is 2.10 bits per heavy atom. The van der Waals surface area contributed by atoms with Crippen molar-refractivity contribution in [3.63, 3.8) is 0 Å². The summed E-state index contributed by atoms with van der Waals surface area (Å²) in [5.74, 6) is 0.373. The fraction of sp³-hybridized carbons (Fsp3) is 0.733. The standard InChI is InChI=1S/C15H28N4O2/c1-11(2)10-18-13(16)17-8-9-19(12-6-7-12)14(20)21-15(3,4)5/h12H,1,6-10H2,2-5H3,(H3,16,17,18). The first kappa shape index (κ1) is 17.3. The number of hydrogen-bond donors (Lipinski definition) is 2. The summed E-state index contributed by atoms with van der Waals surface area (Å²) in [6, 6.07) is 0.301. The van der Waals surface area contributed by atoms with Crippen LogP contribution in [0.2, 0.25) is 0 Å². The second-order valence-corrected chi connectivity index (χ2v) is 6.49. The zero-order chi connectivity index (χ0) is 16.0. The van der Waals surface area contributed by atoms with Gasteiger partial charge in [0.1, 0.15) is 5.60 Å². The van der Waals surface area contributed by atoms with Gasteiger partial charge >= 0.3 is 6.09 Å². The molecule has 0 unspecified atom stereocenters. The molecule has 0 heterocycles. The van der Waals surface area contributed by atoms with Crippen molar-refractivity contribution in [2.75, 3.05) is 19.6 Å². The molecule has 0 aliphatic heterocycles. The van der Waals surface area contributed by atoms with Crippen molar-refractivity contribution in [1.29, 1.82) is 0 Å². The summed E-state index contributed by atoms with van der Waals surface area (Å²) in [5.41, 5.74) is 6.22. The fourth-order valence-corrected chi connectivity index (χ4v) is 1.71. The lowest BCUT2D eigenvalue weighted by Crippen LogP contribution is -2.44. The molecule has 120 valence electrons. The molecular weight excluding hydrogens is 268 g/mol. The normalized spacial score (nSPS) is 15.5. The molecule has 1 amide bonds. The number of rotatable bonds is 6. The van der Waals surface area contributed by atoms with Gasteiger partial charge in [-0.25, -0.2) is 9.79 Å². The lowest BCUT2D eigenvalue weighted by molar-refractivity contribution is 0.0238. The van der Waals surface area contributed by atoms with E-state index in [1.54, 1.807) is 4.90 Å². The molecule has 1 aliphatic rings. The molecule has 0 saturated heterocycles. The molecule has 1 fully saturated rings. The zero-order valence-corrected chi connectivity index (χ0v) is 13.6. The molecule has 1 rings (SSSR count). The van der Waals surface area contributed by atoms with E-state index in [1.165, 1.54) is 0 Å². The van der Waals surface area contributed by atoms with E-state index in [-0.39, 0.29) is 6.09 Å². The minimum Gasteiger partial charge on any atom is -0.444 e. The van der Waals surface area contributed by atoms with Gasteiger partial charge in [-0.05, 0) is 40.5 Å². The van der Waals surface area contributed by atoms with Gasteiger partial charge in [-0.1, -0.05) is 12.2 Å². The molecule has 6 nitrogen and oxygen atoms in total. The minimum atomic E-state index is -0.473. The van der Waals surface area contributed by atoms with Crippen LogP contribution in [0.3, 0.4) is 0 Å². The van der Waals surface area contributed by atoms with E-state index in [4.69, 9.17) is 10.5 Å². The maximum atomic E-state index is 12.1. The summed E-state index contributed by atoms with van der Waals surface area (Å²) in [6.45, 7) is 12.9. The molecule has 0 aromatic carbocycles. The van der Waals surface area contributed by atoms with Crippen molar-refractivity contribution in [3.8, 4) is 0 Å². The first-order valence-electron chi connectivity index (χ1n) is 7.37. The fourth-order valence-electron chi connectivity index (χ4n) is 1.71. The number of aliphatic imine (C=N–C) groups is 1. The molecule has 1 aliphatic carbocycles. The maximum Gasteiger partial charge on any atom is 0.410 e. The van der Waals surface area contributed by atoms with Gasteiger partial charge in [0.25, 0.3) is 0 Å². The van der Waals surface area contributed by atoms with Gasteiger partial charge in [0.05, 0.1) is 6.54 Å². The highest BCUT2D eigenvalue weighted by Crippen LogP contribution is 2.27. The van der Waals surface area contributed by atoms with Gasteiger partial charge in [0, 0.05) is 19.1 Å². The van der Waals surface area contributed by atoms with E-state index < -0.39 is 5.60 Å². The third-order valence-electron chi connectivity index (χ3n) is 2.79. The van der Waals surface area contributed by atoms with Crippen molar-refractivity contribution in [1.82, 2.24) is 10.2 Å². The molecule has 3 N–H and O–H groups in total. The van der Waals surface area contributed by atoms with Crippen molar-refractivity contribution in [2.24, 2.45) is 10.7 Å². The largest absolute Gasteiger partial charge is 0.444 e. The Labute approximate surface area is 127 Å². The molecular formula is C15H28N4O2. The molecule has 0 spiro atoms. The summed E-state index contributed by atoms with van der Waals surface area (Å²) in [5, 5.41) is 3.01. The third-order valence-corrected chi connectivity index (χ3v) is 2.79. The van der Waals surface area contributed by atoms with Crippen LogP contribution in [-0.4, -0.2) is 48.2 Å². The maximum absolute atomic E-state index is 12.1. The minimum absolute atomic E-state index is 0.260. The highest BCUT2D eigenvalue weighted by atomic mass is 16.6. The SMILES string of the molecule is C=C(C)CN=C(N)NCCN(C(=O)OC(C)(C)C)C1CC1. The number of carbonyl (C=O) groups is 1. The van der Waals surface area contributed by atoms with Crippen molar-refractivity contribution < 1.29 is 9.53 Å². The lowest BCUT2D eigenvalue weighted by Gasteiger charge is -2.27. The quantitative estimate of drug-likeness (QED) is 0.445. The summed E-state index contributed by atoms with van der Waals surface area (Å²) in [6.07, 6.45) is 1.82. The van der Waals surface area contributed by atoms with Crippen LogP contribution in [0.25, 0.3) is 0 Å². The van der Waals surface area contributed by atoms with Crippen LogP contribution >= 0.6 is 0 Å². The first-order chi connectivity index (χ1) is 9.69. The number of nitrogens with two attached hydrogens (primary N) is 1. The second-order valence-electron chi connectivity index (χ2n) is 6.49. The molecule has 0 radical (unpaired) electrons. The van der Waals surface area contributed by atoms with Gasteiger partial charge in [0.2, 0.25) is 0 Å². The predicted molar refractivity (Wildman–Crippen MR) is 85.3 cm³/mol. The number of ether oxygens (including phenoxy) is 1. The van der Waals surface area contributed by atoms with E-state index in [1.807, 2.05) is 27.7 Å². The van der Waals surface area contributed by atoms with Crippen LogP contribution in [-0.2, 0) is 4.74 Å². The molecule has 0 atom stereocenters. The Balaban J connectivity index is 2.40. The number of guanidine groups is 1. The van der Waals surface area contributed by atoms with E-state index in [9.17, 15) is 4.79 Å². The highest BCUT2D eigenvalue weighted by molar-refractivity contribution is 5.78. The Bertz CT molecular complexity index is 408. The van der Waals surface area contributed by atoms with Crippen molar-refractivity contribution in [2.45, 2.75) is 52.2 Å². The smallest absolute Gasteiger partial charge is 0.410 e. The zero-order valence-electron chi connectivity index (χ0n) is 13.6. The van der Waals surface area contributed by atoms with E-state index in [0.717, 1.165) is 18.4 Å². The topological polar surface area (TPSA) is 80.0 Å². The van der Waals surface area contributed by atoms with Crippen LogP contribution in [0.15, 0.2) is 17.1 Å². The van der Waals surface area contributed by atoms with Crippen LogP contribution in [0, 0.1) is 0 Å². The predicted octanol–water partition coefficient (Wildman–Crippen LogP) is 1.87. The van der Waals surface area contributed by atoms with Crippen LogP contribution < -0.4 is 11.1 Å². The summed E-state index contributed by atoms with van der Waals surface area (Å²) in [7, 11) is 0. The molecule has 0 aromatic rings. The number of carbonyl (C=O) groups excluding carboxylic acids is 1. The average Bonchev–Trinajstić information content (AvgIpc) is 3.13. The Morgan fingerprint density at radius 1 is 1.48 bits per heavy atom. The van der Waals surface area contributed by atoms with E-state index in [0.29, 0.717) is 31.6 Å². The summed E-state index contributed by atoms with van der Waals surface area (Å²) >= 11 is 0. The van der Waals surface area contributed by atoms with Crippen LogP contribution in [0.4, 0.5) is 4.79 Å². The third kappa shape index (κ3) is 7.58. The monoisotopic (exact) mass is 296 g/mol. The number of hydrogen-bond acceptors (Lipinski definition) is 3. The molecule has 0 aromatic heterocycles. The van der Waals surface area contributed by atoms with Gasteiger partial charge in [-0.3, -0.25) is 0 Å². The second kappa shape index (κ2) is 7.33. The molecule has 0 bridgehead atoms. The lowest BCUT2D eigenvalue weighted by atomic mass is 10.2.